The molecule has 15 heavy (non-hydrogen) atoms. The number of thiophene rings is 1. The maximum absolute atomic E-state index is 12.5. The van der Waals surface area contributed by atoms with Crippen molar-refractivity contribution >= 4 is 29.7 Å². The molecule has 0 radical (unpaired) electrons. The molecule has 0 unspecified atom stereocenters. The van der Waals surface area contributed by atoms with Gasteiger partial charge in [-0.25, -0.2) is 4.79 Å². The van der Waals surface area contributed by atoms with Crippen molar-refractivity contribution < 1.29 is 22.5 Å². The van der Waals surface area contributed by atoms with Crippen LogP contribution in [0.15, 0.2) is 6.07 Å². The molecule has 0 N–H and O–H groups in total. The van der Waals surface area contributed by atoms with E-state index in [1.807, 2.05) is 0 Å². The van der Waals surface area contributed by atoms with Crippen LogP contribution in [0.25, 0.3) is 0 Å². The van der Waals surface area contributed by atoms with Crippen molar-refractivity contribution in [3.63, 3.8) is 0 Å². The van der Waals surface area contributed by atoms with Gasteiger partial charge in [-0.15, -0.1) is 11.3 Å². The van der Waals surface area contributed by atoms with Crippen LogP contribution in [0.2, 0.25) is 0 Å². The van der Waals surface area contributed by atoms with Gasteiger partial charge < -0.3 is 17.7 Å². The molecular formula is C8H9BF3O2S-. The highest BCUT2D eigenvalue weighted by Crippen LogP contribution is 2.22. The third-order valence-corrected chi connectivity index (χ3v) is 3.18. The van der Waals surface area contributed by atoms with E-state index in [0.29, 0.717) is 0 Å². The number of carbonyl (C=O) groups excluding carboxylic acids is 1. The molecule has 0 saturated carbocycles. The van der Waals surface area contributed by atoms with Crippen molar-refractivity contribution in [1.29, 1.82) is 0 Å². The number of ether oxygens (including phenoxy) is 1. The lowest BCUT2D eigenvalue weighted by atomic mass is 9.80. The Bertz CT molecular complexity index is 372. The summed E-state index contributed by atoms with van der Waals surface area (Å²) < 4.78 is 42.0. The minimum absolute atomic E-state index is 0.00329. The summed E-state index contributed by atoms with van der Waals surface area (Å²) in [6, 6.07) is 0.870. The predicted molar refractivity (Wildman–Crippen MR) is 53.7 cm³/mol. The first-order chi connectivity index (χ1) is 6.90. The zero-order valence-corrected chi connectivity index (χ0v) is 9.04. The normalized spacial score (nSPS) is 11.5. The Balaban J connectivity index is 3.17. The topological polar surface area (TPSA) is 26.3 Å². The number of hydrogen-bond acceptors (Lipinski definition) is 3. The highest BCUT2D eigenvalue weighted by Gasteiger charge is 2.30. The molecule has 2 nitrogen and oxygen atoms in total. The van der Waals surface area contributed by atoms with Gasteiger partial charge in [-0.3, -0.25) is 0 Å². The molecule has 0 aliphatic rings. The average molecular weight is 237 g/mol. The summed E-state index contributed by atoms with van der Waals surface area (Å²) in [4.78, 5) is 11.2. The lowest BCUT2D eigenvalue weighted by Gasteiger charge is -2.14. The Hall–Kier alpha value is -0.975. The van der Waals surface area contributed by atoms with Crippen molar-refractivity contribution in [3.8, 4) is 0 Å². The van der Waals surface area contributed by atoms with E-state index >= 15 is 0 Å². The number of halogens is 3. The van der Waals surface area contributed by atoms with Gasteiger partial charge in [0.15, 0.2) is 0 Å². The highest BCUT2D eigenvalue weighted by atomic mass is 32.1. The van der Waals surface area contributed by atoms with E-state index in [0.717, 1.165) is 24.5 Å². The fraction of sp³-hybridized carbons (Fsp3) is 0.375. The number of hydrogen-bond donors (Lipinski definition) is 0. The summed E-state index contributed by atoms with van der Waals surface area (Å²) in [6.07, 6.45) is 0.262. The molecule has 7 heteroatoms. The van der Waals surface area contributed by atoms with Crippen LogP contribution in [0.4, 0.5) is 12.9 Å². The first kappa shape index (κ1) is 12.1. The van der Waals surface area contributed by atoms with Crippen LogP contribution in [0.3, 0.4) is 0 Å². The van der Waals surface area contributed by atoms with Gasteiger partial charge in [-0.2, -0.15) is 0 Å². The maximum atomic E-state index is 12.5. The summed E-state index contributed by atoms with van der Waals surface area (Å²) in [6.45, 7) is -3.43. The molecular weight excluding hydrogens is 228 g/mol. The molecule has 0 fully saturated rings. The van der Waals surface area contributed by atoms with Gasteiger partial charge in [-0.05, 0) is 11.3 Å². The Morgan fingerprint density at radius 2 is 2.13 bits per heavy atom. The third kappa shape index (κ3) is 2.53. The van der Waals surface area contributed by atoms with Gasteiger partial charge in [0, 0.05) is 0 Å². The van der Waals surface area contributed by atoms with Crippen LogP contribution in [-0.4, -0.2) is 20.1 Å². The molecule has 0 aromatic carbocycles. The molecule has 0 aliphatic heterocycles. The second-order valence-corrected chi connectivity index (χ2v) is 4.05. The number of aryl methyl sites for hydroxylation is 1. The summed E-state index contributed by atoms with van der Waals surface area (Å²) >= 11 is 0.840. The number of rotatable bonds is 3. The van der Waals surface area contributed by atoms with Crippen molar-refractivity contribution in [1.82, 2.24) is 0 Å². The Kier molecular flexibility index (Phi) is 3.44. The SMILES string of the molecule is CCc1sc(C(=O)OC)cc1[B-](F)(F)F. The van der Waals surface area contributed by atoms with Crippen LogP contribution in [-0.2, 0) is 11.2 Å². The second-order valence-electron chi connectivity index (χ2n) is 2.91. The fourth-order valence-electron chi connectivity index (χ4n) is 1.20. The van der Waals surface area contributed by atoms with Crippen LogP contribution in [0.5, 0.6) is 0 Å². The third-order valence-electron chi connectivity index (χ3n) is 1.90. The summed E-state index contributed by atoms with van der Waals surface area (Å²) in [7, 11) is 1.14. The smallest absolute Gasteiger partial charge is 0.465 e. The average Bonchev–Trinajstić information content (AvgIpc) is 2.59. The maximum Gasteiger partial charge on any atom is 0.510 e. The first-order valence-electron chi connectivity index (χ1n) is 4.31. The van der Waals surface area contributed by atoms with Crippen LogP contribution >= 0.6 is 11.3 Å². The number of methoxy groups -OCH3 is 1. The van der Waals surface area contributed by atoms with E-state index in [4.69, 9.17) is 0 Å². The predicted octanol–water partition coefficient (Wildman–Crippen LogP) is 2.15. The zero-order chi connectivity index (χ0) is 11.6. The van der Waals surface area contributed by atoms with Crippen molar-refractivity contribution in [2.75, 3.05) is 7.11 Å². The van der Waals surface area contributed by atoms with E-state index in [9.17, 15) is 17.7 Å². The second kappa shape index (κ2) is 4.26. The Labute approximate surface area is 89.1 Å². The molecule has 0 spiro atoms. The first-order valence-corrected chi connectivity index (χ1v) is 5.12. The van der Waals surface area contributed by atoms with Crippen LogP contribution in [0.1, 0.15) is 21.5 Å². The number of esters is 1. The molecule has 84 valence electrons. The summed E-state index contributed by atoms with van der Waals surface area (Å²) in [5, 5.41) is 0. The van der Waals surface area contributed by atoms with Gasteiger partial charge in [0.25, 0.3) is 0 Å². The van der Waals surface area contributed by atoms with Gasteiger partial charge in [0.1, 0.15) is 4.88 Å². The van der Waals surface area contributed by atoms with Gasteiger partial charge in [0.2, 0.25) is 0 Å². The standard InChI is InChI=1S/C8H9BF3O2S/c1-3-6-5(9(10,11)12)4-7(15-6)8(13)14-2/h4H,3H2,1-2H3/q-1. The van der Waals surface area contributed by atoms with E-state index in [1.165, 1.54) is 0 Å². The molecule has 0 saturated heterocycles. The van der Waals surface area contributed by atoms with E-state index in [1.54, 1.807) is 6.92 Å². The van der Waals surface area contributed by atoms with Crippen LogP contribution < -0.4 is 5.46 Å². The molecule has 0 aliphatic carbocycles. The quantitative estimate of drug-likeness (QED) is 0.594. The lowest BCUT2D eigenvalue weighted by molar-refractivity contribution is 0.0606. The van der Waals surface area contributed by atoms with Crippen molar-refractivity contribution in [2.45, 2.75) is 13.3 Å². The van der Waals surface area contributed by atoms with E-state index in [-0.39, 0.29) is 16.2 Å². The molecule has 1 aromatic rings. The molecule has 0 bridgehead atoms. The fourth-order valence-corrected chi connectivity index (χ4v) is 2.27. The van der Waals surface area contributed by atoms with E-state index in [2.05, 4.69) is 4.74 Å². The van der Waals surface area contributed by atoms with Gasteiger partial charge in [0.05, 0.1) is 7.11 Å². The molecule has 0 atom stereocenters. The highest BCUT2D eigenvalue weighted by molar-refractivity contribution is 7.15. The zero-order valence-electron chi connectivity index (χ0n) is 8.22. The summed E-state index contributed by atoms with van der Waals surface area (Å²) in [5.41, 5.74) is -0.678. The Morgan fingerprint density at radius 1 is 1.53 bits per heavy atom. The van der Waals surface area contributed by atoms with Crippen LogP contribution in [0, 0.1) is 0 Å². The lowest BCUT2D eigenvalue weighted by Crippen LogP contribution is -2.35. The minimum atomic E-state index is -5.05. The van der Waals surface area contributed by atoms with Gasteiger partial charge in [-0.1, -0.05) is 18.5 Å². The molecule has 1 aromatic heterocycles. The van der Waals surface area contributed by atoms with E-state index < -0.39 is 18.4 Å². The Morgan fingerprint density at radius 3 is 2.47 bits per heavy atom. The summed E-state index contributed by atoms with van der Waals surface area (Å²) in [5.74, 6) is -0.721. The number of carbonyl (C=O) groups is 1. The molecule has 1 rings (SSSR count). The minimum Gasteiger partial charge on any atom is -0.465 e. The van der Waals surface area contributed by atoms with Crippen molar-refractivity contribution in [2.24, 2.45) is 0 Å². The molecule has 1 heterocycles. The largest absolute Gasteiger partial charge is 0.510 e. The molecule has 0 amide bonds. The monoisotopic (exact) mass is 237 g/mol. The van der Waals surface area contributed by atoms with Crippen molar-refractivity contribution in [3.05, 3.63) is 15.8 Å². The van der Waals surface area contributed by atoms with Gasteiger partial charge >= 0.3 is 12.9 Å².